The Bertz CT molecular complexity index is 1090. The van der Waals surface area contributed by atoms with Crippen LogP contribution in [0.5, 0.6) is 0 Å². The number of halogens is 2. The van der Waals surface area contributed by atoms with Crippen LogP contribution in [0.4, 0.5) is 0 Å². The molecule has 0 fully saturated rings. The van der Waals surface area contributed by atoms with Gasteiger partial charge in [0, 0.05) is 32.2 Å². The van der Waals surface area contributed by atoms with Gasteiger partial charge in [0.05, 0.1) is 5.56 Å². The van der Waals surface area contributed by atoms with E-state index in [0.29, 0.717) is 16.5 Å². The molecule has 4 rings (SSSR count). The summed E-state index contributed by atoms with van der Waals surface area (Å²) in [5, 5.41) is 9.25. The highest BCUT2D eigenvalue weighted by atomic mass is 79.9. The van der Waals surface area contributed by atoms with E-state index in [9.17, 15) is 4.79 Å². The lowest BCUT2D eigenvalue weighted by molar-refractivity contribution is 0.0441. The zero-order chi connectivity index (χ0) is 18.1. The Morgan fingerprint density at radius 3 is 2.81 bits per heavy atom. The minimum absolute atomic E-state index is 0.111. The Balaban J connectivity index is 1.47. The van der Waals surface area contributed by atoms with Gasteiger partial charge in [0.1, 0.15) is 0 Å². The zero-order valence-corrected chi connectivity index (χ0v) is 15.5. The number of nitrogens with zero attached hydrogens (tertiary/aromatic N) is 2. The number of fused-ring (bicyclic) bond motifs is 1. The lowest BCUT2D eigenvalue weighted by atomic mass is 10.2. The van der Waals surface area contributed by atoms with Gasteiger partial charge < -0.3 is 14.1 Å². The zero-order valence-electron chi connectivity index (χ0n) is 13.2. The van der Waals surface area contributed by atoms with Gasteiger partial charge >= 0.3 is 5.97 Å². The monoisotopic (exact) mass is 431 g/mol. The van der Waals surface area contributed by atoms with Crippen molar-refractivity contribution in [3.05, 3.63) is 69.6 Å². The number of esters is 1. The fraction of sp³-hybridized carbons (Fsp3) is 0.0556. The number of hydrogen-bond acceptors (Lipinski definition) is 5. The van der Waals surface area contributed by atoms with Gasteiger partial charge in [-0.2, -0.15) is 0 Å². The number of aromatic amines is 1. The fourth-order valence-electron chi connectivity index (χ4n) is 2.49. The molecule has 0 bridgehead atoms. The Morgan fingerprint density at radius 1 is 1.19 bits per heavy atom. The van der Waals surface area contributed by atoms with Crippen molar-refractivity contribution in [2.75, 3.05) is 0 Å². The smallest absolute Gasteiger partial charge is 0.340 e. The summed E-state index contributed by atoms with van der Waals surface area (Å²) in [6.45, 7) is -0.111. The van der Waals surface area contributed by atoms with E-state index in [2.05, 4.69) is 31.1 Å². The number of nitrogens with one attached hydrogen (secondary N) is 1. The maximum Gasteiger partial charge on any atom is 0.340 e. The molecule has 130 valence electrons. The minimum atomic E-state index is -0.472. The fourth-order valence-corrected chi connectivity index (χ4v) is 2.97. The van der Waals surface area contributed by atoms with E-state index in [0.717, 1.165) is 20.9 Å². The summed E-state index contributed by atoms with van der Waals surface area (Å²) in [6, 6.07) is 12.6. The van der Waals surface area contributed by atoms with Crippen molar-refractivity contribution < 1.29 is 13.9 Å². The summed E-state index contributed by atoms with van der Waals surface area (Å²) < 4.78 is 11.7. The lowest BCUT2D eigenvalue weighted by Crippen LogP contribution is -2.04. The van der Waals surface area contributed by atoms with Crippen LogP contribution in [0.1, 0.15) is 16.2 Å². The SMILES string of the molecule is O=C(OCc1nnc(-c2ccc(Cl)cc2)o1)c1c[nH]c2ccc(Br)cc12. The van der Waals surface area contributed by atoms with E-state index in [1.807, 2.05) is 18.2 Å². The molecule has 6 nitrogen and oxygen atoms in total. The van der Waals surface area contributed by atoms with E-state index in [1.165, 1.54) is 0 Å². The van der Waals surface area contributed by atoms with Gasteiger partial charge in [0.2, 0.25) is 5.89 Å². The average molecular weight is 433 g/mol. The molecule has 0 unspecified atom stereocenters. The lowest BCUT2D eigenvalue weighted by Gasteiger charge is -2.01. The molecule has 0 saturated carbocycles. The molecule has 26 heavy (non-hydrogen) atoms. The number of rotatable bonds is 4. The van der Waals surface area contributed by atoms with E-state index in [1.54, 1.807) is 30.5 Å². The first kappa shape index (κ1) is 16.8. The van der Waals surface area contributed by atoms with Gasteiger partial charge in [-0.25, -0.2) is 4.79 Å². The van der Waals surface area contributed by atoms with Crippen LogP contribution in [0.3, 0.4) is 0 Å². The van der Waals surface area contributed by atoms with E-state index in [4.69, 9.17) is 20.8 Å². The van der Waals surface area contributed by atoms with Crippen LogP contribution in [-0.4, -0.2) is 21.2 Å². The van der Waals surface area contributed by atoms with Crippen molar-refractivity contribution in [1.82, 2.24) is 15.2 Å². The molecule has 2 heterocycles. The highest BCUT2D eigenvalue weighted by Crippen LogP contribution is 2.24. The molecule has 0 aliphatic rings. The predicted molar refractivity (Wildman–Crippen MR) is 99.9 cm³/mol. The van der Waals surface area contributed by atoms with Crippen LogP contribution in [0.15, 0.2) is 57.6 Å². The van der Waals surface area contributed by atoms with Crippen LogP contribution in [0, 0.1) is 0 Å². The molecule has 4 aromatic rings. The first-order valence-electron chi connectivity index (χ1n) is 7.62. The normalized spacial score (nSPS) is 11.0. The van der Waals surface area contributed by atoms with Crippen molar-refractivity contribution >= 4 is 44.4 Å². The Hall–Kier alpha value is -2.64. The summed E-state index contributed by atoms with van der Waals surface area (Å²) in [5.41, 5.74) is 2.03. The summed E-state index contributed by atoms with van der Waals surface area (Å²) >= 11 is 9.26. The quantitative estimate of drug-likeness (QED) is 0.459. The second-order valence-electron chi connectivity index (χ2n) is 5.48. The number of aromatic nitrogens is 3. The molecule has 2 aromatic carbocycles. The van der Waals surface area contributed by atoms with Crippen LogP contribution >= 0.6 is 27.5 Å². The van der Waals surface area contributed by atoms with E-state index < -0.39 is 5.97 Å². The predicted octanol–water partition coefficient (Wildman–Crippen LogP) is 4.99. The molecule has 0 amide bonds. The molecule has 0 aliphatic heterocycles. The molecule has 8 heteroatoms. The van der Waals surface area contributed by atoms with Crippen molar-refractivity contribution in [3.8, 4) is 11.5 Å². The van der Waals surface area contributed by atoms with Crippen LogP contribution in [-0.2, 0) is 11.3 Å². The molecule has 0 radical (unpaired) electrons. The number of ether oxygens (including phenoxy) is 1. The van der Waals surface area contributed by atoms with Crippen molar-refractivity contribution in [1.29, 1.82) is 0 Å². The highest BCUT2D eigenvalue weighted by molar-refractivity contribution is 9.10. The van der Waals surface area contributed by atoms with Gasteiger partial charge in [-0.1, -0.05) is 27.5 Å². The maximum absolute atomic E-state index is 12.4. The topological polar surface area (TPSA) is 81.0 Å². The summed E-state index contributed by atoms with van der Waals surface area (Å²) in [4.78, 5) is 15.4. The second kappa shape index (κ2) is 6.93. The number of carbonyl (C=O) groups is 1. The summed E-state index contributed by atoms with van der Waals surface area (Å²) in [7, 11) is 0. The maximum atomic E-state index is 12.4. The number of hydrogen-bond donors (Lipinski definition) is 1. The molecule has 0 aliphatic carbocycles. The third-order valence-corrected chi connectivity index (χ3v) is 4.49. The standard InChI is InChI=1S/C18H11BrClN3O3/c19-11-3-6-15-13(7-11)14(8-21-15)18(24)25-9-16-22-23-17(26-16)10-1-4-12(20)5-2-10/h1-8,21H,9H2. The van der Waals surface area contributed by atoms with E-state index >= 15 is 0 Å². The first-order chi connectivity index (χ1) is 12.6. The Kier molecular flexibility index (Phi) is 4.48. The van der Waals surface area contributed by atoms with Crippen LogP contribution in [0.25, 0.3) is 22.4 Å². The summed E-state index contributed by atoms with van der Waals surface area (Å²) in [5.74, 6) is 0.0775. The van der Waals surface area contributed by atoms with Gasteiger partial charge in [0.15, 0.2) is 6.61 Å². The number of H-pyrrole nitrogens is 1. The molecule has 2 aromatic heterocycles. The van der Waals surface area contributed by atoms with Gasteiger partial charge in [-0.3, -0.25) is 0 Å². The molecule has 0 spiro atoms. The number of carbonyl (C=O) groups excluding carboxylic acids is 1. The third-order valence-electron chi connectivity index (χ3n) is 3.75. The van der Waals surface area contributed by atoms with Gasteiger partial charge in [-0.15, -0.1) is 10.2 Å². The van der Waals surface area contributed by atoms with Crippen LogP contribution < -0.4 is 0 Å². The molecule has 0 atom stereocenters. The first-order valence-corrected chi connectivity index (χ1v) is 8.79. The molecule has 0 saturated heterocycles. The number of benzene rings is 2. The Labute approximate surface area is 161 Å². The molecular weight excluding hydrogens is 422 g/mol. The van der Waals surface area contributed by atoms with Crippen molar-refractivity contribution in [2.45, 2.75) is 6.61 Å². The average Bonchev–Trinajstić information content (AvgIpc) is 3.27. The summed E-state index contributed by atoms with van der Waals surface area (Å²) in [6.07, 6.45) is 1.62. The second-order valence-corrected chi connectivity index (χ2v) is 6.83. The van der Waals surface area contributed by atoms with Gasteiger partial charge in [0.25, 0.3) is 5.89 Å². The Morgan fingerprint density at radius 2 is 2.00 bits per heavy atom. The molecule has 1 N–H and O–H groups in total. The largest absolute Gasteiger partial charge is 0.452 e. The van der Waals surface area contributed by atoms with E-state index in [-0.39, 0.29) is 12.5 Å². The molecular formula is C18H11BrClN3O3. The van der Waals surface area contributed by atoms with Crippen molar-refractivity contribution in [3.63, 3.8) is 0 Å². The third kappa shape index (κ3) is 3.36. The van der Waals surface area contributed by atoms with Crippen LogP contribution in [0.2, 0.25) is 5.02 Å². The van der Waals surface area contributed by atoms with Gasteiger partial charge in [-0.05, 0) is 42.5 Å². The highest BCUT2D eigenvalue weighted by Gasteiger charge is 2.16. The van der Waals surface area contributed by atoms with Crippen molar-refractivity contribution in [2.24, 2.45) is 0 Å². The minimum Gasteiger partial charge on any atom is -0.452 e.